The summed E-state index contributed by atoms with van der Waals surface area (Å²) in [6, 6.07) is 5.59. The van der Waals surface area contributed by atoms with Gasteiger partial charge in [0.25, 0.3) is 5.91 Å². The Balaban J connectivity index is 1.79. The summed E-state index contributed by atoms with van der Waals surface area (Å²) in [5.74, 6) is -2.26. The third-order valence-electron chi connectivity index (χ3n) is 8.06. The number of hydrogen-bond donors (Lipinski definition) is 1. The van der Waals surface area contributed by atoms with E-state index in [2.05, 4.69) is 13.2 Å². The van der Waals surface area contributed by atoms with Gasteiger partial charge in [0.1, 0.15) is 6.04 Å². The topological polar surface area (TPSA) is 87.1 Å². The summed E-state index contributed by atoms with van der Waals surface area (Å²) in [6.07, 6.45) is 5.65. The van der Waals surface area contributed by atoms with Crippen LogP contribution >= 0.6 is 23.4 Å². The van der Waals surface area contributed by atoms with Crippen LogP contribution in [-0.4, -0.2) is 69.1 Å². The van der Waals surface area contributed by atoms with Crippen LogP contribution in [0.25, 0.3) is 0 Å². The molecule has 0 radical (unpaired) electrons. The van der Waals surface area contributed by atoms with E-state index in [1.54, 1.807) is 58.0 Å². The molecule has 7 nitrogen and oxygen atoms in total. The third-order valence-corrected chi connectivity index (χ3v) is 10.3. The Kier molecular flexibility index (Phi) is 8.12. The number of aliphatic hydroxyl groups is 1. The molecular formula is C28H35ClN2O5S. The third kappa shape index (κ3) is 4.51. The van der Waals surface area contributed by atoms with Crippen molar-refractivity contribution in [1.29, 1.82) is 0 Å². The van der Waals surface area contributed by atoms with Crippen molar-refractivity contribution in [2.75, 3.05) is 24.7 Å². The van der Waals surface area contributed by atoms with Crippen molar-refractivity contribution in [1.82, 2.24) is 4.90 Å². The van der Waals surface area contributed by atoms with Gasteiger partial charge in [-0.1, -0.05) is 30.7 Å². The van der Waals surface area contributed by atoms with Crippen molar-refractivity contribution in [2.24, 2.45) is 11.8 Å². The molecule has 3 saturated heterocycles. The van der Waals surface area contributed by atoms with Crippen LogP contribution in [0.1, 0.15) is 39.5 Å². The van der Waals surface area contributed by atoms with Crippen molar-refractivity contribution < 1.29 is 24.2 Å². The summed E-state index contributed by atoms with van der Waals surface area (Å²) in [4.78, 5) is 45.2. The minimum atomic E-state index is -0.837. The summed E-state index contributed by atoms with van der Waals surface area (Å²) in [5, 5.41) is 10.8. The predicted octanol–water partition coefficient (Wildman–Crippen LogP) is 4.23. The molecule has 3 aliphatic rings. The predicted molar refractivity (Wildman–Crippen MR) is 147 cm³/mol. The smallest absolute Gasteiger partial charge is 0.311 e. The first-order chi connectivity index (χ1) is 17.7. The van der Waals surface area contributed by atoms with Gasteiger partial charge in [0.05, 0.1) is 35.8 Å². The largest absolute Gasteiger partial charge is 0.465 e. The van der Waals surface area contributed by atoms with Gasteiger partial charge in [-0.25, -0.2) is 0 Å². The molecule has 0 aromatic heterocycles. The Morgan fingerprint density at radius 3 is 2.59 bits per heavy atom. The number of likely N-dealkylation sites (tertiary alicyclic amines) is 1. The van der Waals surface area contributed by atoms with Gasteiger partial charge >= 0.3 is 5.97 Å². The van der Waals surface area contributed by atoms with E-state index in [1.807, 2.05) is 13.8 Å². The van der Waals surface area contributed by atoms with Crippen LogP contribution in [0, 0.1) is 11.8 Å². The normalized spacial score (nSPS) is 30.6. The average Bonchev–Trinajstić information content (AvgIpc) is 3.45. The van der Waals surface area contributed by atoms with Crippen molar-refractivity contribution >= 4 is 46.8 Å². The van der Waals surface area contributed by atoms with Crippen LogP contribution in [0.4, 0.5) is 5.69 Å². The summed E-state index contributed by atoms with van der Waals surface area (Å²) < 4.78 is 4.28. The van der Waals surface area contributed by atoms with Crippen molar-refractivity contribution in [2.45, 2.75) is 61.1 Å². The number of carbonyl (C=O) groups is 3. The number of aliphatic hydroxyl groups excluding tert-OH is 1. The fourth-order valence-electron chi connectivity index (χ4n) is 6.36. The van der Waals surface area contributed by atoms with Crippen LogP contribution in [0.3, 0.4) is 0 Å². The zero-order valence-corrected chi connectivity index (χ0v) is 23.0. The van der Waals surface area contributed by atoms with E-state index in [4.69, 9.17) is 16.3 Å². The Hall–Kier alpha value is -2.29. The van der Waals surface area contributed by atoms with E-state index in [-0.39, 0.29) is 31.6 Å². The highest BCUT2D eigenvalue weighted by molar-refractivity contribution is 8.02. The summed E-state index contributed by atoms with van der Waals surface area (Å²) in [7, 11) is 0. The second kappa shape index (κ2) is 10.8. The maximum Gasteiger partial charge on any atom is 0.311 e. The molecule has 6 atom stereocenters. The number of fused-ring (bicyclic) bond motifs is 1. The lowest BCUT2D eigenvalue weighted by atomic mass is 9.66. The van der Waals surface area contributed by atoms with Gasteiger partial charge in [-0.2, -0.15) is 0 Å². The zero-order valence-electron chi connectivity index (χ0n) is 21.4. The first-order valence-electron chi connectivity index (χ1n) is 12.8. The van der Waals surface area contributed by atoms with Crippen molar-refractivity contribution in [3.8, 4) is 0 Å². The summed E-state index contributed by atoms with van der Waals surface area (Å²) in [5.41, 5.74) is 0.641. The number of nitrogens with zero attached hydrogens (tertiary/aromatic N) is 2. The fourth-order valence-corrected chi connectivity index (χ4v) is 8.81. The van der Waals surface area contributed by atoms with Crippen molar-refractivity contribution in [3.63, 3.8) is 0 Å². The maximum absolute atomic E-state index is 14.5. The molecule has 1 aromatic rings. The van der Waals surface area contributed by atoms with E-state index in [1.165, 1.54) is 0 Å². The molecule has 1 aromatic carbocycles. The lowest BCUT2D eigenvalue weighted by Gasteiger charge is -2.39. The van der Waals surface area contributed by atoms with Crippen molar-refractivity contribution in [3.05, 3.63) is 54.6 Å². The fraction of sp³-hybridized carbons (Fsp3) is 0.536. The second-order valence-corrected chi connectivity index (χ2v) is 12.5. The van der Waals surface area contributed by atoms with Crippen LogP contribution in [0.15, 0.2) is 49.6 Å². The number of ether oxygens (including phenoxy) is 1. The highest BCUT2D eigenvalue weighted by Gasteiger charge is 2.78. The Morgan fingerprint density at radius 1 is 1.30 bits per heavy atom. The number of thioether (sulfide) groups is 1. The number of amides is 2. The van der Waals surface area contributed by atoms with Gasteiger partial charge in [0, 0.05) is 22.0 Å². The number of hydrogen-bond acceptors (Lipinski definition) is 6. The second-order valence-electron chi connectivity index (χ2n) is 10.2. The minimum Gasteiger partial charge on any atom is -0.465 e. The molecule has 3 aliphatic heterocycles. The molecule has 4 rings (SSSR count). The number of benzene rings is 1. The zero-order chi connectivity index (χ0) is 27.0. The molecule has 2 amide bonds. The van der Waals surface area contributed by atoms with Gasteiger partial charge in [0.2, 0.25) is 5.91 Å². The Labute approximate surface area is 227 Å². The molecule has 2 unspecified atom stereocenters. The highest BCUT2D eigenvalue weighted by Crippen LogP contribution is 2.71. The van der Waals surface area contributed by atoms with E-state index in [0.29, 0.717) is 36.4 Å². The molecule has 200 valence electrons. The average molecular weight is 547 g/mol. The number of rotatable bonds is 11. The lowest BCUT2D eigenvalue weighted by molar-refractivity contribution is -0.156. The number of esters is 1. The van der Waals surface area contributed by atoms with Crippen LogP contribution in [0.5, 0.6) is 0 Å². The molecule has 1 N–H and O–H groups in total. The van der Waals surface area contributed by atoms with Gasteiger partial charge < -0.3 is 19.6 Å². The molecule has 2 bridgehead atoms. The van der Waals surface area contributed by atoms with Crippen LogP contribution in [0.2, 0.25) is 5.02 Å². The van der Waals surface area contributed by atoms with E-state index in [9.17, 15) is 19.5 Å². The first kappa shape index (κ1) is 27.7. The molecule has 9 heteroatoms. The molecule has 37 heavy (non-hydrogen) atoms. The minimum absolute atomic E-state index is 0.206. The first-order valence-corrected chi connectivity index (χ1v) is 14.0. The van der Waals surface area contributed by atoms with E-state index < -0.39 is 39.4 Å². The summed E-state index contributed by atoms with van der Waals surface area (Å²) >= 11 is 7.68. The summed E-state index contributed by atoms with van der Waals surface area (Å²) in [6.45, 7) is 11.6. The van der Waals surface area contributed by atoms with Gasteiger partial charge in [-0.05, 0) is 56.9 Å². The SMILES string of the molecule is C=CCCOC(=O)[C@@H]1[C@H]2C(=O)N([C@@H](CC)CO)C(C(=O)N(CC=C)c3ccc(Cl)cc3)C23CC[C@@]1(C)S3. The van der Waals surface area contributed by atoms with Gasteiger partial charge in [-0.15, -0.1) is 24.9 Å². The molecule has 0 saturated carbocycles. The quantitative estimate of drug-likeness (QED) is 0.254. The number of carbonyl (C=O) groups excluding carboxylic acids is 3. The van der Waals surface area contributed by atoms with Crippen LogP contribution in [-0.2, 0) is 19.1 Å². The lowest BCUT2D eigenvalue weighted by Crippen LogP contribution is -2.57. The standard InChI is InChI=1S/C28H35ClN2O5S/c1-5-8-16-36-26(35)22-21-24(33)31(19(7-3)17-32)23(28(21)14-13-27(22,4)37-28)25(34)30(15-6-2)20-11-9-18(29)10-12-20/h5-6,9-12,19,21-23,32H,1-2,7-8,13-17H2,3-4H3/t19-,21-,22-,23?,27+,28?/m0/s1. The molecule has 3 fully saturated rings. The molecule has 0 aliphatic carbocycles. The molecular weight excluding hydrogens is 512 g/mol. The molecule has 1 spiro atoms. The number of halogens is 1. The van der Waals surface area contributed by atoms with E-state index in [0.717, 1.165) is 0 Å². The Bertz CT molecular complexity index is 1080. The van der Waals surface area contributed by atoms with E-state index >= 15 is 0 Å². The maximum atomic E-state index is 14.5. The van der Waals surface area contributed by atoms with Gasteiger partial charge in [0.15, 0.2) is 0 Å². The molecule has 3 heterocycles. The number of anilines is 1. The van der Waals surface area contributed by atoms with Crippen LogP contribution < -0.4 is 4.90 Å². The monoisotopic (exact) mass is 546 g/mol. The highest BCUT2D eigenvalue weighted by atomic mass is 35.5. The van der Waals surface area contributed by atoms with Gasteiger partial charge in [-0.3, -0.25) is 14.4 Å². The Morgan fingerprint density at radius 2 is 2.00 bits per heavy atom.